The highest BCUT2D eigenvalue weighted by molar-refractivity contribution is 7.81. The summed E-state index contributed by atoms with van der Waals surface area (Å²) in [7, 11) is 0. The fourth-order valence-electron chi connectivity index (χ4n) is 1.26. The monoisotopic (exact) mass is 222 g/mol. The lowest BCUT2D eigenvalue weighted by Gasteiger charge is -2.21. The first-order chi connectivity index (χ1) is 7.19. The van der Waals surface area contributed by atoms with Crippen LogP contribution in [0.25, 0.3) is 0 Å². The highest BCUT2D eigenvalue weighted by atomic mass is 32.1. The average molecular weight is 222 g/mol. The van der Waals surface area contributed by atoms with E-state index in [1.54, 1.807) is 0 Å². The van der Waals surface area contributed by atoms with Crippen LogP contribution in [0.3, 0.4) is 0 Å². The molecule has 3 heteroatoms. The topological polar surface area (TPSA) is 24.4 Å². The molecule has 0 bridgehead atoms. The van der Waals surface area contributed by atoms with Crippen LogP contribution < -0.4 is 5.32 Å². The van der Waals surface area contributed by atoms with Crippen molar-refractivity contribution in [3.05, 3.63) is 24.3 Å². The molecular formula is C12H18N2S. The number of hydrogen-bond donors (Lipinski definition) is 2. The SMILES string of the molecule is C=Nc1ccccc1NC(S)[C@@H](C)CC. The number of benzene rings is 1. The van der Waals surface area contributed by atoms with Gasteiger partial charge in [-0.2, -0.15) is 12.6 Å². The third-order valence-electron chi connectivity index (χ3n) is 2.56. The molecule has 0 amide bonds. The van der Waals surface area contributed by atoms with Gasteiger partial charge in [-0.3, -0.25) is 4.99 Å². The Morgan fingerprint density at radius 1 is 1.47 bits per heavy atom. The molecule has 15 heavy (non-hydrogen) atoms. The standard InChI is InChI=1S/C12H18N2S/c1-4-9(2)12(15)14-11-8-6-5-7-10(11)13-3/h5-9,12,14-15H,3-4H2,1-2H3/t9-,12?/m0/s1. The second kappa shape index (κ2) is 5.81. The van der Waals surface area contributed by atoms with Crippen LogP contribution in [-0.2, 0) is 0 Å². The summed E-state index contributed by atoms with van der Waals surface area (Å²) in [5.41, 5.74) is 1.87. The highest BCUT2D eigenvalue weighted by Crippen LogP contribution is 2.26. The zero-order chi connectivity index (χ0) is 11.3. The minimum absolute atomic E-state index is 0.151. The van der Waals surface area contributed by atoms with Gasteiger partial charge in [0.2, 0.25) is 0 Å². The zero-order valence-electron chi connectivity index (χ0n) is 9.27. The van der Waals surface area contributed by atoms with Gasteiger partial charge in [0.1, 0.15) is 0 Å². The maximum absolute atomic E-state index is 4.53. The van der Waals surface area contributed by atoms with E-state index < -0.39 is 0 Å². The molecule has 0 fully saturated rings. The Balaban J connectivity index is 2.75. The second-order valence-corrected chi connectivity index (χ2v) is 4.21. The molecule has 0 aromatic heterocycles. The van der Waals surface area contributed by atoms with Crippen LogP contribution in [0.5, 0.6) is 0 Å². The summed E-state index contributed by atoms with van der Waals surface area (Å²) in [6.45, 7) is 7.88. The van der Waals surface area contributed by atoms with Gasteiger partial charge < -0.3 is 5.32 Å². The summed E-state index contributed by atoms with van der Waals surface area (Å²) in [5, 5.41) is 3.49. The van der Waals surface area contributed by atoms with Crippen LogP contribution in [0.2, 0.25) is 0 Å². The van der Waals surface area contributed by atoms with Crippen molar-refractivity contribution in [1.29, 1.82) is 0 Å². The molecule has 1 rings (SSSR count). The maximum atomic E-state index is 4.53. The van der Waals surface area contributed by atoms with E-state index in [4.69, 9.17) is 0 Å². The minimum atomic E-state index is 0.151. The van der Waals surface area contributed by atoms with Crippen LogP contribution in [0.15, 0.2) is 29.3 Å². The van der Waals surface area contributed by atoms with Gasteiger partial charge in [-0.05, 0) is 24.8 Å². The summed E-state index contributed by atoms with van der Waals surface area (Å²) in [6.07, 6.45) is 1.10. The highest BCUT2D eigenvalue weighted by Gasteiger charge is 2.11. The first-order valence-electron chi connectivity index (χ1n) is 5.19. The Labute approximate surface area is 97.2 Å². The van der Waals surface area contributed by atoms with Gasteiger partial charge in [-0.25, -0.2) is 0 Å². The van der Waals surface area contributed by atoms with Gasteiger partial charge in [-0.15, -0.1) is 0 Å². The van der Waals surface area contributed by atoms with Gasteiger partial charge in [0.25, 0.3) is 0 Å². The molecule has 82 valence electrons. The smallest absolute Gasteiger partial charge is 0.0854 e. The molecule has 1 unspecified atom stereocenters. The first kappa shape index (κ1) is 12.1. The minimum Gasteiger partial charge on any atom is -0.372 e. The number of para-hydroxylation sites is 2. The molecule has 0 radical (unpaired) electrons. The number of aliphatic imine (C=N–C) groups is 1. The summed E-state index contributed by atoms with van der Waals surface area (Å²) in [4.78, 5) is 3.96. The van der Waals surface area contributed by atoms with E-state index >= 15 is 0 Å². The molecule has 1 N–H and O–H groups in total. The van der Waals surface area contributed by atoms with Gasteiger partial charge in [0.15, 0.2) is 0 Å². The Morgan fingerprint density at radius 3 is 2.73 bits per heavy atom. The third-order valence-corrected chi connectivity index (χ3v) is 3.20. The normalized spacial score (nSPS) is 14.3. The fourth-order valence-corrected chi connectivity index (χ4v) is 1.61. The van der Waals surface area contributed by atoms with E-state index in [1.165, 1.54) is 0 Å². The predicted octanol–water partition coefficient (Wildman–Crippen LogP) is 3.73. The Morgan fingerprint density at radius 2 is 2.13 bits per heavy atom. The van der Waals surface area contributed by atoms with Gasteiger partial charge in [0.05, 0.1) is 16.7 Å². The van der Waals surface area contributed by atoms with Gasteiger partial charge in [0, 0.05) is 0 Å². The number of nitrogens with zero attached hydrogens (tertiary/aromatic N) is 1. The molecule has 0 spiro atoms. The third kappa shape index (κ3) is 3.27. The van der Waals surface area contributed by atoms with E-state index in [-0.39, 0.29) is 5.37 Å². The lowest BCUT2D eigenvalue weighted by atomic mass is 10.1. The maximum Gasteiger partial charge on any atom is 0.0854 e. The Hall–Kier alpha value is -0.960. The quantitative estimate of drug-likeness (QED) is 0.443. The van der Waals surface area contributed by atoms with Crippen molar-refractivity contribution < 1.29 is 0 Å². The fraction of sp³-hybridized carbons (Fsp3) is 0.417. The van der Waals surface area contributed by atoms with Gasteiger partial charge >= 0.3 is 0 Å². The number of anilines is 1. The molecule has 0 aliphatic heterocycles. The van der Waals surface area contributed by atoms with Crippen molar-refractivity contribution in [3.63, 3.8) is 0 Å². The van der Waals surface area contributed by atoms with Crippen molar-refractivity contribution >= 4 is 30.7 Å². The van der Waals surface area contributed by atoms with Crippen LogP contribution in [0, 0.1) is 5.92 Å². The number of rotatable bonds is 5. The molecule has 0 aliphatic carbocycles. The largest absolute Gasteiger partial charge is 0.372 e. The van der Waals surface area contributed by atoms with E-state index in [0.29, 0.717) is 5.92 Å². The van der Waals surface area contributed by atoms with E-state index in [1.807, 2.05) is 24.3 Å². The van der Waals surface area contributed by atoms with Crippen LogP contribution in [-0.4, -0.2) is 12.1 Å². The lowest BCUT2D eigenvalue weighted by Crippen LogP contribution is -2.20. The molecular weight excluding hydrogens is 204 g/mol. The summed E-state index contributed by atoms with van der Waals surface area (Å²) in [6, 6.07) is 7.86. The second-order valence-electron chi connectivity index (χ2n) is 3.65. The van der Waals surface area contributed by atoms with Crippen molar-refractivity contribution in [1.82, 2.24) is 0 Å². The van der Waals surface area contributed by atoms with Gasteiger partial charge in [-0.1, -0.05) is 32.4 Å². The lowest BCUT2D eigenvalue weighted by molar-refractivity contribution is 0.567. The zero-order valence-corrected chi connectivity index (χ0v) is 10.2. The van der Waals surface area contributed by atoms with Crippen LogP contribution in [0.4, 0.5) is 11.4 Å². The summed E-state index contributed by atoms with van der Waals surface area (Å²) < 4.78 is 0. The first-order valence-corrected chi connectivity index (χ1v) is 5.71. The molecule has 1 aromatic carbocycles. The molecule has 0 aliphatic rings. The summed E-state index contributed by atoms with van der Waals surface area (Å²) in [5.74, 6) is 0.520. The van der Waals surface area contributed by atoms with E-state index in [2.05, 4.69) is 43.5 Å². The molecule has 0 heterocycles. The van der Waals surface area contributed by atoms with Crippen molar-refractivity contribution in [2.24, 2.45) is 10.9 Å². The Kier molecular flexibility index (Phi) is 4.69. The van der Waals surface area contributed by atoms with Crippen LogP contribution >= 0.6 is 12.6 Å². The van der Waals surface area contributed by atoms with E-state index in [0.717, 1.165) is 17.8 Å². The van der Waals surface area contributed by atoms with Crippen LogP contribution in [0.1, 0.15) is 20.3 Å². The molecule has 0 saturated carbocycles. The van der Waals surface area contributed by atoms with Crippen molar-refractivity contribution in [2.75, 3.05) is 5.32 Å². The molecule has 2 nitrogen and oxygen atoms in total. The average Bonchev–Trinajstić information content (AvgIpc) is 2.28. The summed E-state index contributed by atoms with van der Waals surface area (Å²) >= 11 is 4.53. The predicted molar refractivity (Wildman–Crippen MR) is 71.5 cm³/mol. The molecule has 1 aromatic rings. The van der Waals surface area contributed by atoms with Crippen molar-refractivity contribution in [2.45, 2.75) is 25.6 Å². The molecule has 2 atom stereocenters. The number of thiol groups is 1. The van der Waals surface area contributed by atoms with Crippen molar-refractivity contribution in [3.8, 4) is 0 Å². The molecule has 0 saturated heterocycles. The van der Waals surface area contributed by atoms with E-state index in [9.17, 15) is 0 Å². The Bertz CT molecular complexity index is 325. The number of nitrogens with one attached hydrogen (secondary N) is 1. The number of hydrogen-bond acceptors (Lipinski definition) is 3.